The van der Waals surface area contributed by atoms with Crippen molar-refractivity contribution in [3.8, 4) is 0 Å². The van der Waals surface area contributed by atoms with Gasteiger partial charge in [-0.1, -0.05) is 19.8 Å². The van der Waals surface area contributed by atoms with Gasteiger partial charge in [-0.25, -0.2) is 0 Å². The van der Waals surface area contributed by atoms with Crippen molar-refractivity contribution in [2.24, 2.45) is 11.8 Å². The van der Waals surface area contributed by atoms with Crippen LogP contribution in [0.25, 0.3) is 0 Å². The van der Waals surface area contributed by atoms with Gasteiger partial charge in [-0.3, -0.25) is 9.69 Å². The summed E-state index contributed by atoms with van der Waals surface area (Å²) in [7, 11) is 0. The van der Waals surface area contributed by atoms with Crippen LogP contribution in [0.1, 0.15) is 45.4 Å². The van der Waals surface area contributed by atoms with Crippen LogP contribution in [0, 0.1) is 11.8 Å². The highest BCUT2D eigenvalue weighted by Crippen LogP contribution is 2.33. The lowest BCUT2D eigenvalue weighted by molar-refractivity contribution is -0.145. The van der Waals surface area contributed by atoms with E-state index in [0.29, 0.717) is 5.92 Å². The summed E-state index contributed by atoms with van der Waals surface area (Å²) in [6, 6.07) is -0.199. The van der Waals surface area contributed by atoms with Crippen LogP contribution < -0.4 is 0 Å². The monoisotopic (exact) mass is 225 g/mol. The predicted octanol–water partition coefficient (Wildman–Crippen LogP) is 2.36. The van der Waals surface area contributed by atoms with Gasteiger partial charge in [-0.2, -0.15) is 0 Å². The fraction of sp³-hybridized carbons (Fsp3) is 0.923. The average molecular weight is 225 g/mol. The Balaban J connectivity index is 1.98. The van der Waals surface area contributed by atoms with E-state index in [2.05, 4.69) is 11.8 Å². The summed E-state index contributed by atoms with van der Waals surface area (Å²) in [5.41, 5.74) is 0. The topological polar surface area (TPSA) is 40.5 Å². The first-order valence-corrected chi connectivity index (χ1v) is 6.65. The number of likely N-dealkylation sites (tertiary alicyclic amines) is 1. The van der Waals surface area contributed by atoms with E-state index in [1.54, 1.807) is 0 Å². The van der Waals surface area contributed by atoms with Crippen molar-refractivity contribution in [1.29, 1.82) is 0 Å². The van der Waals surface area contributed by atoms with Crippen LogP contribution in [0.4, 0.5) is 0 Å². The maximum Gasteiger partial charge on any atom is 0.321 e. The molecule has 0 aromatic carbocycles. The standard InChI is InChI=1S/C13H23NO2/c1-10-4-6-11(7-5-10)12(13(15)16)14-8-2-3-9-14/h10-12H,2-9H2,1H3,(H,15,16). The Morgan fingerprint density at radius 2 is 1.75 bits per heavy atom. The molecule has 1 saturated carbocycles. The zero-order valence-corrected chi connectivity index (χ0v) is 10.2. The van der Waals surface area contributed by atoms with Gasteiger partial charge in [-0.15, -0.1) is 0 Å². The van der Waals surface area contributed by atoms with Crippen LogP contribution in [-0.2, 0) is 4.79 Å². The molecule has 0 amide bonds. The summed E-state index contributed by atoms with van der Waals surface area (Å²) in [5, 5.41) is 9.41. The number of nitrogens with zero attached hydrogens (tertiary/aromatic N) is 1. The van der Waals surface area contributed by atoms with E-state index in [1.165, 1.54) is 25.7 Å². The van der Waals surface area contributed by atoms with Crippen LogP contribution in [0.5, 0.6) is 0 Å². The second-order valence-electron chi connectivity index (χ2n) is 5.55. The van der Waals surface area contributed by atoms with Crippen molar-refractivity contribution in [2.75, 3.05) is 13.1 Å². The predicted molar refractivity (Wildman–Crippen MR) is 63.4 cm³/mol. The van der Waals surface area contributed by atoms with Gasteiger partial charge in [0.2, 0.25) is 0 Å². The third-order valence-corrected chi connectivity index (χ3v) is 4.29. The lowest BCUT2D eigenvalue weighted by atomic mass is 9.79. The Kier molecular flexibility index (Phi) is 3.85. The number of rotatable bonds is 3. The third-order valence-electron chi connectivity index (χ3n) is 4.29. The van der Waals surface area contributed by atoms with Crippen molar-refractivity contribution in [3.05, 3.63) is 0 Å². The first kappa shape index (κ1) is 11.9. The second kappa shape index (κ2) is 5.17. The van der Waals surface area contributed by atoms with E-state index in [-0.39, 0.29) is 6.04 Å². The molecule has 92 valence electrons. The molecule has 3 heteroatoms. The zero-order valence-electron chi connectivity index (χ0n) is 10.2. The Morgan fingerprint density at radius 1 is 1.19 bits per heavy atom. The number of hydrogen-bond acceptors (Lipinski definition) is 2. The minimum Gasteiger partial charge on any atom is -0.480 e. The van der Waals surface area contributed by atoms with E-state index >= 15 is 0 Å². The smallest absolute Gasteiger partial charge is 0.321 e. The van der Waals surface area contributed by atoms with Crippen molar-refractivity contribution in [3.63, 3.8) is 0 Å². The molecule has 1 heterocycles. The summed E-state index contributed by atoms with van der Waals surface area (Å²) in [5.74, 6) is 0.595. The number of hydrogen-bond donors (Lipinski definition) is 1. The summed E-state index contributed by atoms with van der Waals surface area (Å²) >= 11 is 0. The molecule has 0 radical (unpaired) electrons. The molecule has 2 rings (SSSR count). The molecule has 1 N–H and O–H groups in total. The molecule has 0 aromatic heterocycles. The van der Waals surface area contributed by atoms with Crippen LogP contribution in [0.2, 0.25) is 0 Å². The van der Waals surface area contributed by atoms with Gasteiger partial charge in [0.05, 0.1) is 0 Å². The lowest BCUT2D eigenvalue weighted by Crippen LogP contribution is -2.45. The van der Waals surface area contributed by atoms with Gasteiger partial charge in [-0.05, 0) is 50.6 Å². The first-order chi connectivity index (χ1) is 7.68. The van der Waals surface area contributed by atoms with Crippen LogP contribution in [-0.4, -0.2) is 35.1 Å². The van der Waals surface area contributed by atoms with Gasteiger partial charge < -0.3 is 5.11 Å². The minimum absolute atomic E-state index is 0.199. The average Bonchev–Trinajstić information content (AvgIpc) is 2.74. The van der Waals surface area contributed by atoms with Crippen molar-refractivity contribution >= 4 is 5.97 Å². The maximum atomic E-state index is 11.4. The molecule has 1 aliphatic heterocycles. The van der Waals surface area contributed by atoms with Crippen molar-refractivity contribution < 1.29 is 9.90 Å². The highest BCUT2D eigenvalue weighted by atomic mass is 16.4. The number of carboxylic acids is 1. The summed E-state index contributed by atoms with van der Waals surface area (Å²) in [4.78, 5) is 13.6. The van der Waals surface area contributed by atoms with Gasteiger partial charge in [0.25, 0.3) is 0 Å². The molecule has 3 nitrogen and oxygen atoms in total. The summed E-state index contributed by atoms with van der Waals surface area (Å²) in [6.07, 6.45) is 6.98. The summed E-state index contributed by atoms with van der Waals surface area (Å²) in [6.45, 7) is 4.26. The first-order valence-electron chi connectivity index (χ1n) is 6.65. The Labute approximate surface area is 97.8 Å². The van der Waals surface area contributed by atoms with Gasteiger partial charge >= 0.3 is 5.97 Å². The fourth-order valence-electron chi connectivity index (χ4n) is 3.28. The second-order valence-corrected chi connectivity index (χ2v) is 5.55. The lowest BCUT2D eigenvalue weighted by Gasteiger charge is -2.35. The third kappa shape index (κ3) is 2.57. The van der Waals surface area contributed by atoms with E-state index in [1.807, 2.05) is 0 Å². The SMILES string of the molecule is CC1CCC(C(C(=O)O)N2CCCC2)CC1. The van der Waals surface area contributed by atoms with Crippen LogP contribution >= 0.6 is 0 Å². The summed E-state index contributed by atoms with van der Waals surface area (Å²) < 4.78 is 0. The fourth-order valence-corrected chi connectivity index (χ4v) is 3.28. The maximum absolute atomic E-state index is 11.4. The molecule has 1 atom stereocenters. The molecular formula is C13H23NO2. The quantitative estimate of drug-likeness (QED) is 0.801. The van der Waals surface area contributed by atoms with Gasteiger partial charge in [0.1, 0.15) is 6.04 Å². The molecule has 1 aliphatic carbocycles. The zero-order chi connectivity index (χ0) is 11.5. The van der Waals surface area contributed by atoms with E-state index < -0.39 is 5.97 Å². The van der Waals surface area contributed by atoms with E-state index in [4.69, 9.17) is 0 Å². The number of aliphatic carboxylic acids is 1. The highest BCUT2D eigenvalue weighted by Gasteiger charge is 2.36. The van der Waals surface area contributed by atoms with Crippen LogP contribution in [0.3, 0.4) is 0 Å². The van der Waals surface area contributed by atoms with Crippen molar-refractivity contribution in [1.82, 2.24) is 4.90 Å². The van der Waals surface area contributed by atoms with E-state index in [9.17, 15) is 9.90 Å². The molecule has 2 aliphatic rings. The number of carboxylic acid groups (broad SMARTS) is 1. The molecule has 0 aromatic rings. The molecule has 0 bridgehead atoms. The Hall–Kier alpha value is -0.570. The number of carbonyl (C=O) groups is 1. The molecule has 1 saturated heterocycles. The molecule has 16 heavy (non-hydrogen) atoms. The van der Waals surface area contributed by atoms with Gasteiger partial charge in [0, 0.05) is 0 Å². The molecule has 0 spiro atoms. The molecule has 1 unspecified atom stereocenters. The molecule has 2 fully saturated rings. The van der Waals surface area contributed by atoms with Crippen LogP contribution in [0.15, 0.2) is 0 Å². The minimum atomic E-state index is -0.596. The molecular weight excluding hydrogens is 202 g/mol. The normalized spacial score (nSPS) is 33.8. The van der Waals surface area contributed by atoms with E-state index in [0.717, 1.165) is 31.8 Å². The Bertz CT molecular complexity index is 240. The van der Waals surface area contributed by atoms with Gasteiger partial charge in [0.15, 0.2) is 0 Å². The van der Waals surface area contributed by atoms with Crippen molar-refractivity contribution in [2.45, 2.75) is 51.5 Å². The Morgan fingerprint density at radius 3 is 2.25 bits per heavy atom. The highest BCUT2D eigenvalue weighted by molar-refractivity contribution is 5.74. The largest absolute Gasteiger partial charge is 0.480 e.